The molecular formula is C13H14BrNO4. The lowest BCUT2D eigenvalue weighted by Crippen LogP contribution is -2.33. The minimum absolute atomic E-state index is 0.0601. The molecule has 5 nitrogen and oxygen atoms in total. The first-order valence-electron chi connectivity index (χ1n) is 5.91. The molecular weight excluding hydrogens is 314 g/mol. The fourth-order valence-electron chi connectivity index (χ4n) is 2.14. The number of hydrogen-bond acceptors (Lipinski definition) is 4. The van der Waals surface area contributed by atoms with Gasteiger partial charge in [0.05, 0.1) is 31.1 Å². The van der Waals surface area contributed by atoms with Crippen LogP contribution in [0.2, 0.25) is 0 Å². The Labute approximate surface area is 119 Å². The molecule has 1 heterocycles. The van der Waals surface area contributed by atoms with Crippen LogP contribution >= 0.6 is 15.9 Å². The van der Waals surface area contributed by atoms with Crippen LogP contribution in [-0.2, 0) is 9.53 Å². The number of anilines is 1. The summed E-state index contributed by atoms with van der Waals surface area (Å²) in [5.41, 5.74) is 1.95. The maximum atomic E-state index is 11.9. The number of carbonyl (C=O) groups excluding carboxylic acids is 2. The molecule has 19 heavy (non-hydrogen) atoms. The summed E-state index contributed by atoms with van der Waals surface area (Å²) in [6.07, 6.45) is 0. The van der Waals surface area contributed by atoms with Gasteiger partial charge in [0.25, 0.3) is 11.7 Å². The van der Waals surface area contributed by atoms with Crippen molar-refractivity contribution in [2.24, 2.45) is 0 Å². The molecule has 0 atom stereocenters. The number of Topliss-reactive ketones (excluding diaryl/α,β-unsaturated/α-hetero) is 1. The number of amides is 1. The van der Waals surface area contributed by atoms with Crippen molar-refractivity contribution in [1.82, 2.24) is 0 Å². The third kappa shape index (κ3) is 2.70. The molecule has 1 aliphatic heterocycles. The number of carbonyl (C=O) groups is 2. The average Bonchev–Trinajstić information content (AvgIpc) is 2.60. The van der Waals surface area contributed by atoms with Gasteiger partial charge in [-0.25, -0.2) is 0 Å². The molecule has 1 N–H and O–H groups in total. The van der Waals surface area contributed by atoms with E-state index in [2.05, 4.69) is 15.9 Å². The van der Waals surface area contributed by atoms with Crippen LogP contribution in [0.1, 0.15) is 15.9 Å². The Morgan fingerprint density at radius 2 is 2.05 bits per heavy atom. The summed E-state index contributed by atoms with van der Waals surface area (Å²) in [4.78, 5) is 25.3. The van der Waals surface area contributed by atoms with E-state index in [1.54, 1.807) is 6.07 Å². The van der Waals surface area contributed by atoms with E-state index in [9.17, 15) is 9.59 Å². The maximum absolute atomic E-state index is 11.9. The highest BCUT2D eigenvalue weighted by atomic mass is 79.9. The van der Waals surface area contributed by atoms with Gasteiger partial charge in [-0.1, -0.05) is 15.9 Å². The highest BCUT2D eigenvalue weighted by molar-refractivity contribution is 9.10. The predicted molar refractivity (Wildman–Crippen MR) is 73.5 cm³/mol. The summed E-state index contributed by atoms with van der Waals surface area (Å²) in [5.74, 6) is -1.01. The first-order chi connectivity index (χ1) is 9.06. The predicted octanol–water partition coefficient (Wildman–Crippen LogP) is 1.30. The third-order valence-electron chi connectivity index (χ3n) is 2.91. The number of nitrogens with zero attached hydrogens (tertiary/aromatic N) is 1. The smallest absolute Gasteiger partial charge is 0.299 e. The van der Waals surface area contributed by atoms with E-state index in [1.807, 2.05) is 13.0 Å². The highest BCUT2D eigenvalue weighted by Gasteiger charge is 2.36. The van der Waals surface area contributed by atoms with Gasteiger partial charge in [0, 0.05) is 11.0 Å². The standard InChI is InChI=1S/C13H14BrNO4/c1-8-6-9(14)7-10-11(8)15(13(18)12(10)17)2-4-19-5-3-16/h6-7,16H,2-5H2,1H3. The number of benzene rings is 1. The lowest BCUT2D eigenvalue weighted by Gasteiger charge is -2.18. The second-order valence-corrected chi connectivity index (χ2v) is 5.16. The van der Waals surface area contributed by atoms with Crippen LogP contribution < -0.4 is 4.90 Å². The Kier molecular flexibility index (Phi) is 4.34. The fourth-order valence-corrected chi connectivity index (χ4v) is 2.71. The molecule has 0 bridgehead atoms. The number of rotatable bonds is 5. The molecule has 0 spiro atoms. The van der Waals surface area contributed by atoms with Crippen LogP contribution in [0.15, 0.2) is 16.6 Å². The number of aliphatic hydroxyl groups is 1. The van der Waals surface area contributed by atoms with Crippen molar-refractivity contribution >= 4 is 33.3 Å². The van der Waals surface area contributed by atoms with Crippen LogP contribution in [0.3, 0.4) is 0 Å². The van der Waals surface area contributed by atoms with Gasteiger partial charge >= 0.3 is 0 Å². The molecule has 0 saturated heterocycles. The summed E-state index contributed by atoms with van der Waals surface area (Å²) in [7, 11) is 0. The third-order valence-corrected chi connectivity index (χ3v) is 3.37. The van der Waals surface area contributed by atoms with Gasteiger partial charge in [0.15, 0.2) is 0 Å². The summed E-state index contributed by atoms with van der Waals surface area (Å²) in [6.45, 7) is 2.61. The van der Waals surface area contributed by atoms with E-state index >= 15 is 0 Å². The lowest BCUT2D eigenvalue weighted by molar-refractivity contribution is -0.114. The molecule has 6 heteroatoms. The van der Waals surface area contributed by atoms with Gasteiger partial charge in [0.2, 0.25) is 0 Å². The number of hydrogen-bond donors (Lipinski definition) is 1. The average molecular weight is 328 g/mol. The van der Waals surface area contributed by atoms with Gasteiger partial charge < -0.3 is 14.7 Å². The molecule has 2 rings (SSSR count). The first-order valence-corrected chi connectivity index (χ1v) is 6.70. The minimum Gasteiger partial charge on any atom is -0.394 e. The van der Waals surface area contributed by atoms with Crippen LogP contribution in [0.4, 0.5) is 5.69 Å². The van der Waals surface area contributed by atoms with Crippen LogP contribution in [-0.4, -0.2) is 43.2 Å². The van der Waals surface area contributed by atoms with Crippen molar-refractivity contribution < 1.29 is 19.4 Å². The molecule has 0 unspecified atom stereocenters. The Balaban J connectivity index is 2.23. The quantitative estimate of drug-likeness (QED) is 0.653. The van der Waals surface area contributed by atoms with Gasteiger partial charge in [-0.2, -0.15) is 0 Å². The van der Waals surface area contributed by atoms with Crippen LogP contribution in [0.25, 0.3) is 0 Å². The maximum Gasteiger partial charge on any atom is 0.299 e. The highest BCUT2D eigenvalue weighted by Crippen LogP contribution is 2.34. The Morgan fingerprint density at radius 3 is 2.74 bits per heavy atom. The van der Waals surface area contributed by atoms with Crippen molar-refractivity contribution in [3.05, 3.63) is 27.7 Å². The summed E-state index contributed by atoms with van der Waals surface area (Å²) in [6, 6.07) is 3.53. The van der Waals surface area contributed by atoms with E-state index in [-0.39, 0.29) is 19.8 Å². The molecule has 102 valence electrons. The fraction of sp³-hybridized carbons (Fsp3) is 0.385. The number of aryl methyl sites for hydroxylation is 1. The molecule has 0 aliphatic carbocycles. The summed E-state index contributed by atoms with van der Waals surface area (Å²) < 4.78 is 5.92. The van der Waals surface area contributed by atoms with Gasteiger partial charge in [-0.05, 0) is 24.6 Å². The molecule has 0 saturated carbocycles. The Hall–Kier alpha value is -1.24. The van der Waals surface area contributed by atoms with Crippen molar-refractivity contribution in [3.63, 3.8) is 0 Å². The molecule has 1 aromatic rings. The van der Waals surface area contributed by atoms with Gasteiger partial charge in [-0.15, -0.1) is 0 Å². The largest absolute Gasteiger partial charge is 0.394 e. The number of ether oxygens (including phenoxy) is 1. The van der Waals surface area contributed by atoms with Crippen molar-refractivity contribution in [2.45, 2.75) is 6.92 Å². The lowest BCUT2D eigenvalue weighted by atomic mass is 10.1. The number of aliphatic hydroxyl groups excluding tert-OH is 1. The van der Waals surface area contributed by atoms with E-state index in [0.717, 1.165) is 10.0 Å². The Morgan fingerprint density at radius 1 is 1.32 bits per heavy atom. The summed E-state index contributed by atoms with van der Waals surface area (Å²) >= 11 is 3.32. The van der Waals surface area contributed by atoms with Gasteiger partial charge in [-0.3, -0.25) is 9.59 Å². The summed E-state index contributed by atoms with van der Waals surface area (Å²) in [5, 5.41) is 8.62. The second kappa shape index (κ2) is 5.81. The normalized spacial score (nSPS) is 14.2. The van der Waals surface area contributed by atoms with Crippen molar-refractivity contribution in [1.29, 1.82) is 0 Å². The molecule has 1 amide bonds. The van der Waals surface area contributed by atoms with Crippen LogP contribution in [0.5, 0.6) is 0 Å². The van der Waals surface area contributed by atoms with Gasteiger partial charge in [0.1, 0.15) is 0 Å². The molecule has 1 aromatic carbocycles. The van der Waals surface area contributed by atoms with Crippen LogP contribution in [0, 0.1) is 6.92 Å². The molecule has 1 aliphatic rings. The molecule has 0 fully saturated rings. The monoisotopic (exact) mass is 327 g/mol. The van der Waals surface area contributed by atoms with Crippen molar-refractivity contribution in [2.75, 3.05) is 31.3 Å². The number of fused-ring (bicyclic) bond motifs is 1. The topological polar surface area (TPSA) is 66.8 Å². The van der Waals surface area contributed by atoms with E-state index in [1.165, 1.54) is 4.90 Å². The molecule has 0 radical (unpaired) electrons. The minimum atomic E-state index is -0.524. The second-order valence-electron chi connectivity index (χ2n) is 4.24. The first kappa shape index (κ1) is 14.2. The number of ketones is 1. The Bertz CT molecular complexity index is 530. The van der Waals surface area contributed by atoms with E-state index < -0.39 is 11.7 Å². The molecule has 0 aromatic heterocycles. The van der Waals surface area contributed by atoms with E-state index in [4.69, 9.17) is 9.84 Å². The zero-order valence-electron chi connectivity index (χ0n) is 10.5. The van der Waals surface area contributed by atoms with Crippen molar-refractivity contribution in [3.8, 4) is 0 Å². The SMILES string of the molecule is Cc1cc(Br)cc2c1N(CCOCCO)C(=O)C2=O. The number of halogens is 1. The van der Waals surface area contributed by atoms with E-state index in [0.29, 0.717) is 17.8 Å². The zero-order valence-corrected chi connectivity index (χ0v) is 12.1. The zero-order chi connectivity index (χ0) is 14.0.